The Morgan fingerprint density at radius 1 is 1.32 bits per heavy atom. The molecule has 0 fully saturated rings. The fourth-order valence-electron chi connectivity index (χ4n) is 1.66. The molecule has 0 saturated heterocycles. The molecule has 0 bridgehead atoms. The highest BCUT2D eigenvalue weighted by atomic mass is 19.2. The lowest BCUT2D eigenvalue weighted by Crippen LogP contribution is -2.07. The highest BCUT2D eigenvalue weighted by Gasteiger charge is 2.20. The normalized spacial score (nSPS) is 10.7. The van der Waals surface area contributed by atoms with E-state index in [0.29, 0.717) is 0 Å². The first-order valence-corrected chi connectivity index (χ1v) is 5.28. The number of carbonyl (C=O) groups is 1. The van der Waals surface area contributed by atoms with Gasteiger partial charge in [-0.15, -0.1) is 5.10 Å². The van der Waals surface area contributed by atoms with Crippen LogP contribution in [0.4, 0.5) is 13.2 Å². The van der Waals surface area contributed by atoms with Gasteiger partial charge in [-0.2, -0.15) is 0 Å². The molecule has 0 radical (unpaired) electrons. The van der Waals surface area contributed by atoms with Crippen molar-refractivity contribution < 1.29 is 23.1 Å². The molecule has 1 aromatic carbocycles. The molecule has 0 saturated carbocycles. The Hall–Kier alpha value is -2.38. The second kappa shape index (κ2) is 4.71. The average molecular weight is 271 g/mol. The highest BCUT2D eigenvalue weighted by molar-refractivity contribution is 5.86. The standard InChI is InChI=1S/C11H8F3N3O2/c1-2-8-10(11(18)19)15-16-17(8)5-3-6(12)9(14)7(13)4-5/h3-4H,2H2,1H3,(H,18,19). The lowest BCUT2D eigenvalue weighted by atomic mass is 10.2. The molecular formula is C11H8F3N3O2. The Bertz CT molecular complexity index is 632. The Morgan fingerprint density at radius 3 is 2.37 bits per heavy atom. The van der Waals surface area contributed by atoms with Crippen LogP contribution in [0.1, 0.15) is 23.1 Å². The maximum absolute atomic E-state index is 13.1. The summed E-state index contributed by atoms with van der Waals surface area (Å²) in [6.07, 6.45) is 0.231. The number of carboxylic acid groups (broad SMARTS) is 1. The van der Waals surface area contributed by atoms with Crippen molar-refractivity contribution in [3.8, 4) is 5.69 Å². The van der Waals surface area contributed by atoms with E-state index in [1.165, 1.54) is 0 Å². The number of aromatic carboxylic acids is 1. The van der Waals surface area contributed by atoms with E-state index in [9.17, 15) is 18.0 Å². The molecule has 19 heavy (non-hydrogen) atoms. The highest BCUT2D eigenvalue weighted by Crippen LogP contribution is 2.19. The van der Waals surface area contributed by atoms with Gasteiger partial charge in [-0.3, -0.25) is 0 Å². The predicted octanol–water partition coefficient (Wildman–Crippen LogP) is 1.95. The van der Waals surface area contributed by atoms with Crippen molar-refractivity contribution >= 4 is 5.97 Å². The van der Waals surface area contributed by atoms with Crippen LogP contribution < -0.4 is 0 Å². The molecule has 0 aliphatic carbocycles. The van der Waals surface area contributed by atoms with Crippen molar-refractivity contribution in [2.24, 2.45) is 0 Å². The number of carboxylic acids is 1. The largest absolute Gasteiger partial charge is 0.476 e. The van der Waals surface area contributed by atoms with Gasteiger partial charge in [-0.05, 0) is 6.42 Å². The lowest BCUT2D eigenvalue weighted by Gasteiger charge is -2.06. The lowest BCUT2D eigenvalue weighted by molar-refractivity contribution is 0.0689. The summed E-state index contributed by atoms with van der Waals surface area (Å²) in [5.41, 5.74) is -0.279. The minimum absolute atomic E-state index is 0.131. The van der Waals surface area contributed by atoms with Crippen molar-refractivity contribution in [2.75, 3.05) is 0 Å². The summed E-state index contributed by atoms with van der Waals surface area (Å²) in [4.78, 5) is 10.9. The average Bonchev–Trinajstić information content (AvgIpc) is 2.79. The van der Waals surface area contributed by atoms with Gasteiger partial charge in [0, 0.05) is 12.1 Å². The van der Waals surface area contributed by atoms with Crippen LogP contribution in [0.15, 0.2) is 12.1 Å². The predicted molar refractivity (Wildman–Crippen MR) is 57.6 cm³/mol. The van der Waals surface area contributed by atoms with E-state index >= 15 is 0 Å². The van der Waals surface area contributed by atoms with Crippen molar-refractivity contribution in [2.45, 2.75) is 13.3 Å². The van der Waals surface area contributed by atoms with Gasteiger partial charge >= 0.3 is 5.97 Å². The molecule has 0 aliphatic rings. The molecule has 1 aromatic heterocycles. The van der Waals surface area contributed by atoms with Crippen molar-refractivity contribution in [3.05, 3.63) is 41.0 Å². The summed E-state index contributed by atoms with van der Waals surface area (Å²) in [6.45, 7) is 1.64. The van der Waals surface area contributed by atoms with Gasteiger partial charge in [-0.25, -0.2) is 22.6 Å². The van der Waals surface area contributed by atoms with E-state index in [4.69, 9.17) is 5.11 Å². The molecular weight excluding hydrogens is 263 g/mol. The maximum atomic E-state index is 13.1. The number of halogens is 3. The SMILES string of the molecule is CCc1c(C(=O)O)nnn1-c1cc(F)c(F)c(F)c1. The van der Waals surface area contributed by atoms with Gasteiger partial charge in [0.2, 0.25) is 0 Å². The molecule has 8 heteroatoms. The molecule has 1 N–H and O–H groups in total. The first kappa shape index (κ1) is 13.1. The molecule has 1 heterocycles. The molecule has 0 unspecified atom stereocenters. The maximum Gasteiger partial charge on any atom is 0.358 e. The van der Waals surface area contributed by atoms with Gasteiger partial charge in [0.15, 0.2) is 23.1 Å². The van der Waals surface area contributed by atoms with Gasteiger partial charge in [0.1, 0.15) is 0 Å². The topological polar surface area (TPSA) is 68.0 Å². The number of hydrogen-bond donors (Lipinski definition) is 1. The zero-order valence-corrected chi connectivity index (χ0v) is 9.69. The van der Waals surface area contributed by atoms with Gasteiger partial charge in [0.25, 0.3) is 0 Å². The van der Waals surface area contributed by atoms with Crippen LogP contribution >= 0.6 is 0 Å². The minimum atomic E-state index is -1.60. The van der Waals surface area contributed by atoms with Crippen LogP contribution in [0.25, 0.3) is 5.69 Å². The van der Waals surface area contributed by atoms with E-state index in [1.54, 1.807) is 6.92 Å². The summed E-state index contributed by atoms with van der Waals surface area (Å²) >= 11 is 0. The number of nitrogens with zero attached hydrogens (tertiary/aromatic N) is 3. The van der Waals surface area contributed by atoms with Crippen molar-refractivity contribution in [3.63, 3.8) is 0 Å². The van der Waals surface area contributed by atoms with Crippen molar-refractivity contribution in [1.29, 1.82) is 0 Å². The Balaban J connectivity index is 2.62. The van der Waals surface area contributed by atoms with Crippen LogP contribution in [0.2, 0.25) is 0 Å². The summed E-state index contributed by atoms with van der Waals surface area (Å²) < 4.78 is 40.1. The summed E-state index contributed by atoms with van der Waals surface area (Å²) in [6, 6.07) is 1.44. The molecule has 100 valence electrons. The van der Waals surface area contributed by atoms with Crippen LogP contribution in [0, 0.1) is 17.5 Å². The zero-order chi connectivity index (χ0) is 14.2. The molecule has 0 spiro atoms. The van der Waals surface area contributed by atoms with Crippen LogP contribution in [-0.4, -0.2) is 26.1 Å². The number of aromatic nitrogens is 3. The first-order valence-electron chi connectivity index (χ1n) is 5.28. The molecule has 0 atom stereocenters. The fraction of sp³-hybridized carbons (Fsp3) is 0.182. The minimum Gasteiger partial charge on any atom is -0.476 e. The van der Waals surface area contributed by atoms with Gasteiger partial charge < -0.3 is 5.11 Å². The Labute approximate surface area is 105 Å². The third kappa shape index (κ3) is 2.16. The fourth-order valence-corrected chi connectivity index (χ4v) is 1.66. The van der Waals surface area contributed by atoms with Crippen LogP contribution in [0.5, 0.6) is 0 Å². The Kier molecular flexibility index (Phi) is 3.24. The van der Waals surface area contributed by atoms with Gasteiger partial charge in [-0.1, -0.05) is 12.1 Å². The quantitative estimate of drug-likeness (QED) is 0.866. The molecule has 0 aliphatic heterocycles. The third-order valence-corrected chi connectivity index (χ3v) is 2.51. The number of rotatable bonds is 3. The zero-order valence-electron chi connectivity index (χ0n) is 9.69. The second-order valence-electron chi connectivity index (χ2n) is 3.68. The van der Waals surface area contributed by atoms with Crippen LogP contribution in [-0.2, 0) is 6.42 Å². The van der Waals surface area contributed by atoms with E-state index in [-0.39, 0.29) is 23.5 Å². The molecule has 2 aromatic rings. The van der Waals surface area contributed by atoms with E-state index < -0.39 is 23.4 Å². The first-order chi connectivity index (χ1) is 8.95. The third-order valence-electron chi connectivity index (χ3n) is 2.51. The van der Waals surface area contributed by atoms with Gasteiger partial charge in [0.05, 0.1) is 11.4 Å². The second-order valence-corrected chi connectivity index (χ2v) is 3.68. The summed E-state index contributed by atoms with van der Waals surface area (Å²) in [5.74, 6) is -5.67. The Morgan fingerprint density at radius 2 is 1.89 bits per heavy atom. The molecule has 2 rings (SSSR count). The number of benzene rings is 1. The smallest absolute Gasteiger partial charge is 0.358 e. The van der Waals surface area contributed by atoms with E-state index in [0.717, 1.165) is 16.8 Å². The van der Waals surface area contributed by atoms with E-state index in [2.05, 4.69) is 10.3 Å². The summed E-state index contributed by atoms with van der Waals surface area (Å²) in [7, 11) is 0. The monoisotopic (exact) mass is 271 g/mol. The van der Waals surface area contributed by atoms with Crippen molar-refractivity contribution in [1.82, 2.24) is 15.0 Å². The molecule has 5 nitrogen and oxygen atoms in total. The van der Waals surface area contributed by atoms with Crippen LogP contribution in [0.3, 0.4) is 0 Å². The number of hydrogen-bond acceptors (Lipinski definition) is 3. The molecule has 0 amide bonds. The van der Waals surface area contributed by atoms with E-state index in [1.807, 2.05) is 0 Å². The summed E-state index contributed by atoms with van der Waals surface area (Å²) in [5, 5.41) is 15.8.